The normalized spacial score (nSPS) is 11.9. The first-order chi connectivity index (χ1) is 12.4. The fourth-order valence-corrected chi connectivity index (χ4v) is 3.39. The van der Waals surface area contributed by atoms with E-state index in [4.69, 9.17) is 0 Å². The summed E-state index contributed by atoms with van der Waals surface area (Å²) < 4.78 is 81.9. The van der Waals surface area contributed by atoms with E-state index in [0.29, 0.717) is 6.07 Å². The van der Waals surface area contributed by atoms with E-state index in [0.717, 1.165) is 24.3 Å². The highest BCUT2D eigenvalue weighted by atomic mass is 32.2. The topological polar surface area (TPSA) is 98.5 Å². The Bertz CT molecular complexity index is 977. The molecule has 2 rings (SSSR count). The van der Waals surface area contributed by atoms with Gasteiger partial charge in [0.05, 0.1) is 15.5 Å². The van der Waals surface area contributed by atoms with Crippen LogP contribution in [0, 0.1) is 22.9 Å². The molecular formula is C15H12F4N2O5S. The van der Waals surface area contributed by atoms with Gasteiger partial charge in [0.25, 0.3) is 15.7 Å². The van der Waals surface area contributed by atoms with Gasteiger partial charge in [0.2, 0.25) is 0 Å². The molecule has 2 aromatic rings. The highest BCUT2D eigenvalue weighted by Gasteiger charge is 2.29. The van der Waals surface area contributed by atoms with E-state index < -0.39 is 55.6 Å². The molecule has 0 fully saturated rings. The molecule has 0 amide bonds. The molecule has 0 saturated carbocycles. The van der Waals surface area contributed by atoms with Gasteiger partial charge < -0.3 is 4.74 Å². The number of benzene rings is 2. The molecule has 7 nitrogen and oxygen atoms in total. The molecule has 0 aliphatic heterocycles. The van der Waals surface area contributed by atoms with E-state index in [1.54, 1.807) is 0 Å². The van der Waals surface area contributed by atoms with Crippen molar-refractivity contribution in [3.63, 3.8) is 0 Å². The van der Waals surface area contributed by atoms with Crippen molar-refractivity contribution >= 4 is 21.4 Å². The lowest BCUT2D eigenvalue weighted by Crippen LogP contribution is -2.21. The SMILES string of the molecule is Cc1ccc([N+](=O)[O-])cc1S(=O)(=O)Nc1cc(F)ccc1OCC(F)(F)F. The van der Waals surface area contributed by atoms with E-state index >= 15 is 0 Å². The van der Waals surface area contributed by atoms with Crippen LogP contribution >= 0.6 is 0 Å². The number of alkyl halides is 3. The van der Waals surface area contributed by atoms with Gasteiger partial charge in [-0.1, -0.05) is 6.07 Å². The van der Waals surface area contributed by atoms with Crippen LogP contribution < -0.4 is 9.46 Å². The summed E-state index contributed by atoms with van der Waals surface area (Å²) in [5.41, 5.74) is -0.943. The molecule has 0 heterocycles. The average Bonchev–Trinajstić information content (AvgIpc) is 2.52. The standard InChI is InChI=1S/C15H12F4N2O5S/c1-9-2-4-11(21(22)23)7-14(9)27(24,25)20-12-6-10(16)3-5-13(12)26-8-15(17,18)19/h2-7,20H,8H2,1H3. The molecule has 0 saturated heterocycles. The molecule has 2 aromatic carbocycles. The summed E-state index contributed by atoms with van der Waals surface area (Å²) in [6.45, 7) is -0.353. The number of aryl methyl sites for hydroxylation is 1. The Morgan fingerprint density at radius 2 is 1.85 bits per heavy atom. The van der Waals surface area contributed by atoms with Crippen LogP contribution in [0.15, 0.2) is 41.3 Å². The van der Waals surface area contributed by atoms with Gasteiger partial charge in [-0.15, -0.1) is 0 Å². The van der Waals surface area contributed by atoms with Crippen molar-refractivity contribution in [2.24, 2.45) is 0 Å². The first-order valence-electron chi connectivity index (χ1n) is 7.16. The number of non-ortho nitro benzene ring substituents is 1. The van der Waals surface area contributed by atoms with Gasteiger partial charge >= 0.3 is 6.18 Å². The summed E-state index contributed by atoms with van der Waals surface area (Å²) in [6, 6.07) is 5.33. The molecular weight excluding hydrogens is 396 g/mol. The molecule has 0 spiro atoms. The number of hydrogen-bond donors (Lipinski definition) is 1. The fraction of sp³-hybridized carbons (Fsp3) is 0.200. The van der Waals surface area contributed by atoms with Crippen LogP contribution in [0.5, 0.6) is 5.75 Å². The van der Waals surface area contributed by atoms with Crippen LogP contribution in [0.1, 0.15) is 5.56 Å². The van der Waals surface area contributed by atoms with Gasteiger partial charge in [0.1, 0.15) is 11.6 Å². The van der Waals surface area contributed by atoms with Gasteiger partial charge in [0, 0.05) is 18.2 Å². The Morgan fingerprint density at radius 1 is 1.19 bits per heavy atom. The lowest BCUT2D eigenvalue weighted by Gasteiger charge is -2.15. The first-order valence-corrected chi connectivity index (χ1v) is 8.64. The molecule has 0 atom stereocenters. The van der Waals surface area contributed by atoms with Crippen LogP contribution in [0.4, 0.5) is 28.9 Å². The predicted molar refractivity (Wildman–Crippen MR) is 86.6 cm³/mol. The van der Waals surface area contributed by atoms with Gasteiger partial charge in [-0.25, -0.2) is 12.8 Å². The molecule has 0 unspecified atom stereocenters. The van der Waals surface area contributed by atoms with Crippen molar-refractivity contribution in [2.75, 3.05) is 11.3 Å². The Balaban J connectivity index is 2.42. The number of nitrogens with zero attached hydrogens (tertiary/aromatic N) is 1. The zero-order chi connectivity index (χ0) is 20.4. The Morgan fingerprint density at radius 3 is 2.44 bits per heavy atom. The maximum Gasteiger partial charge on any atom is 0.422 e. The number of sulfonamides is 1. The van der Waals surface area contributed by atoms with Crippen molar-refractivity contribution < 1.29 is 35.6 Å². The zero-order valence-electron chi connectivity index (χ0n) is 13.6. The highest BCUT2D eigenvalue weighted by molar-refractivity contribution is 7.92. The number of rotatable bonds is 6. The Labute approximate surface area is 150 Å². The molecule has 0 aliphatic carbocycles. The summed E-state index contributed by atoms with van der Waals surface area (Å²) >= 11 is 0. The quantitative estimate of drug-likeness (QED) is 0.446. The third-order valence-corrected chi connectivity index (χ3v) is 4.76. The van der Waals surface area contributed by atoms with Crippen molar-refractivity contribution in [1.29, 1.82) is 0 Å². The lowest BCUT2D eigenvalue weighted by molar-refractivity contribution is -0.385. The maximum atomic E-state index is 13.4. The molecule has 12 heteroatoms. The molecule has 0 aromatic heterocycles. The van der Waals surface area contributed by atoms with Crippen LogP contribution in [0.25, 0.3) is 0 Å². The minimum absolute atomic E-state index is 0.141. The van der Waals surface area contributed by atoms with E-state index in [2.05, 4.69) is 4.74 Å². The number of ether oxygens (including phenoxy) is 1. The van der Waals surface area contributed by atoms with Crippen LogP contribution in [0.2, 0.25) is 0 Å². The van der Waals surface area contributed by atoms with Crippen molar-refractivity contribution in [1.82, 2.24) is 0 Å². The predicted octanol–water partition coefficient (Wildman–Crippen LogP) is 3.78. The molecule has 0 aliphatic rings. The van der Waals surface area contributed by atoms with Gasteiger partial charge in [-0.05, 0) is 24.6 Å². The summed E-state index contributed by atoms with van der Waals surface area (Å²) in [5.74, 6) is -1.48. The largest absolute Gasteiger partial charge is 0.482 e. The van der Waals surface area contributed by atoms with Crippen molar-refractivity contribution in [3.05, 3.63) is 57.9 Å². The second kappa shape index (κ2) is 7.39. The molecule has 27 heavy (non-hydrogen) atoms. The summed E-state index contributed by atoms with van der Waals surface area (Å²) in [6.07, 6.45) is -4.69. The fourth-order valence-electron chi connectivity index (χ4n) is 2.06. The molecule has 146 valence electrons. The maximum absolute atomic E-state index is 13.4. The Kier molecular flexibility index (Phi) is 5.59. The Hall–Kier alpha value is -2.89. The highest BCUT2D eigenvalue weighted by Crippen LogP contribution is 2.31. The minimum atomic E-state index is -4.69. The van der Waals surface area contributed by atoms with E-state index in [-0.39, 0.29) is 5.56 Å². The second-order valence-electron chi connectivity index (χ2n) is 5.36. The number of nitro groups is 1. The summed E-state index contributed by atoms with van der Waals surface area (Å²) in [4.78, 5) is 9.55. The van der Waals surface area contributed by atoms with Crippen molar-refractivity contribution in [3.8, 4) is 5.75 Å². The smallest absolute Gasteiger partial charge is 0.422 e. The zero-order valence-corrected chi connectivity index (χ0v) is 14.4. The number of anilines is 1. The monoisotopic (exact) mass is 408 g/mol. The first kappa shape index (κ1) is 20.4. The number of hydrogen-bond acceptors (Lipinski definition) is 5. The van der Waals surface area contributed by atoms with Gasteiger partial charge in [-0.3, -0.25) is 14.8 Å². The van der Waals surface area contributed by atoms with Gasteiger partial charge in [-0.2, -0.15) is 13.2 Å². The summed E-state index contributed by atoms with van der Waals surface area (Å²) in [7, 11) is -4.48. The van der Waals surface area contributed by atoms with Crippen LogP contribution in [-0.2, 0) is 10.0 Å². The molecule has 0 bridgehead atoms. The third-order valence-electron chi connectivity index (χ3n) is 3.25. The molecule has 0 radical (unpaired) electrons. The number of halogens is 4. The van der Waals surface area contributed by atoms with E-state index in [1.165, 1.54) is 13.0 Å². The average molecular weight is 408 g/mol. The minimum Gasteiger partial charge on any atom is -0.482 e. The second-order valence-corrected chi connectivity index (χ2v) is 7.01. The van der Waals surface area contributed by atoms with Gasteiger partial charge in [0.15, 0.2) is 6.61 Å². The summed E-state index contributed by atoms with van der Waals surface area (Å²) in [5, 5.41) is 10.8. The third kappa shape index (κ3) is 5.29. The van der Waals surface area contributed by atoms with E-state index in [1.807, 2.05) is 4.72 Å². The van der Waals surface area contributed by atoms with Crippen molar-refractivity contribution in [2.45, 2.75) is 18.0 Å². The number of nitro benzene ring substituents is 1. The van der Waals surface area contributed by atoms with Crippen LogP contribution in [0.3, 0.4) is 0 Å². The van der Waals surface area contributed by atoms with Crippen LogP contribution in [-0.4, -0.2) is 26.1 Å². The number of nitrogens with one attached hydrogen (secondary N) is 1. The lowest BCUT2D eigenvalue weighted by atomic mass is 10.2. The van der Waals surface area contributed by atoms with E-state index in [9.17, 15) is 36.1 Å². The molecule has 1 N–H and O–H groups in total.